The van der Waals surface area contributed by atoms with E-state index in [1.807, 2.05) is 6.92 Å². The molecule has 0 rings (SSSR count). The number of carbonyl (C=O) groups excluding carboxylic acids is 1. The second kappa shape index (κ2) is 7.55. The lowest BCUT2D eigenvalue weighted by Crippen LogP contribution is -2.30. The molecule has 0 saturated heterocycles. The molecule has 1 atom stereocenters. The predicted octanol–water partition coefficient (Wildman–Crippen LogP) is 1.31. The number of nitrogens with one attached hydrogen (secondary N) is 1. The van der Waals surface area contributed by atoms with Gasteiger partial charge >= 0.3 is 0 Å². The zero-order valence-electron chi connectivity index (χ0n) is 7.60. The largest absolute Gasteiger partial charge is 0.382 e. The van der Waals surface area contributed by atoms with E-state index in [9.17, 15) is 4.79 Å². The fraction of sp³-hybridized carbons (Fsp3) is 0.875. The Balaban J connectivity index is 3.14. The quantitative estimate of drug-likeness (QED) is 0.559. The highest BCUT2D eigenvalue weighted by Crippen LogP contribution is 1.95. The van der Waals surface area contributed by atoms with E-state index in [2.05, 4.69) is 21.2 Å². The first-order valence-corrected chi connectivity index (χ1v) is 5.09. The summed E-state index contributed by atoms with van der Waals surface area (Å²) in [6.07, 6.45) is 0.874. The molecule has 1 unspecified atom stereocenters. The van der Waals surface area contributed by atoms with E-state index in [4.69, 9.17) is 4.74 Å². The van der Waals surface area contributed by atoms with Crippen molar-refractivity contribution in [2.45, 2.75) is 25.1 Å². The summed E-state index contributed by atoms with van der Waals surface area (Å²) in [7, 11) is 0. The van der Waals surface area contributed by atoms with Gasteiger partial charge in [-0.05, 0) is 20.3 Å². The summed E-state index contributed by atoms with van der Waals surface area (Å²) in [4.78, 5) is 10.9. The summed E-state index contributed by atoms with van der Waals surface area (Å²) >= 11 is 3.18. The Morgan fingerprint density at radius 3 is 2.83 bits per heavy atom. The van der Waals surface area contributed by atoms with Crippen LogP contribution in [0.5, 0.6) is 0 Å². The SMILES string of the molecule is CCOCCCNC(=O)C(C)Br. The third-order valence-corrected chi connectivity index (χ3v) is 1.75. The fourth-order valence-corrected chi connectivity index (χ4v) is 0.833. The van der Waals surface area contributed by atoms with Gasteiger partial charge in [-0.2, -0.15) is 0 Å². The van der Waals surface area contributed by atoms with Crippen LogP contribution in [0.15, 0.2) is 0 Å². The highest BCUT2D eigenvalue weighted by Gasteiger charge is 2.05. The summed E-state index contributed by atoms with van der Waals surface area (Å²) in [6.45, 7) is 5.90. The van der Waals surface area contributed by atoms with Crippen LogP contribution in [0.2, 0.25) is 0 Å². The van der Waals surface area contributed by atoms with Gasteiger partial charge in [-0.25, -0.2) is 0 Å². The average Bonchev–Trinajstić information content (AvgIpc) is 2.03. The van der Waals surface area contributed by atoms with Gasteiger partial charge in [0.25, 0.3) is 0 Å². The molecule has 0 aromatic carbocycles. The van der Waals surface area contributed by atoms with Crippen molar-refractivity contribution in [3.63, 3.8) is 0 Å². The van der Waals surface area contributed by atoms with Crippen LogP contribution in [0, 0.1) is 0 Å². The van der Waals surface area contributed by atoms with E-state index in [0.717, 1.165) is 13.0 Å². The van der Waals surface area contributed by atoms with Gasteiger partial charge < -0.3 is 10.1 Å². The van der Waals surface area contributed by atoms with E-state index >= 15 is 0 Å². The van der Waals surface area contributed by atoms with Gasteiger partial charge in [0.15, 0.2) is 0 Å². The average molecular weight is 238 g/mol. The number of carbonyl (C=O) groups is 1. The van der Waals surface area contributed by atoms with Crippen LogP contribution >= 0.6 is 15.9 Å². The van der Waals surface area contributed by atoms with E-state index in [1.54, 1.807) is 6.92 Å². The molecule has 0 aliphatic heterocycles. The smallest absolute Gasteiger partial charge is 0.233 e. The monoisotopic (exact) mass is 237 g/mol. The van der Waals surface area contributed by atoms with Crippen molar-refractivity contribution in [3.8, 4) is 0 Å². The first-order chi connectivity index (χ1) is 5.68. The molecule has 4 heteroatoms. The van der Waals surface area contributed by atoms with Crippen LogP contribution in [0.3, 0.4) is 0 Å². The number of rotatable bonds is 6. The van der Waals surface area contributed by atoms with Gasteiger partial charge in [0.1, 0.15) is 0 Å². The minimum absolute atomic E-state index is 0.0338. The lowest BCUT2D eigenvalue weighted by atomic mass is 10.4. The second-order valence-corrected chi connectivity index (χ2v) is 3.83. The molecular weight excluding hydrogens is 222 g/mol. The Hall–Kier alpha value is -0.0900. The maximum absolute atomic E-state index is 11.0. The number of hydrogen-bond donors (Lipinski definition) is 1. The minimum atomic E-state index is -0.107. The van der Waals surface area contributed by atoms with Crippen LogP contribution in [-0.4, -0.2) is 30.5 Å². The Bertz CT molecular complexity index is 128. The van der Waals surface area contributed by atoms with Crippen molar-refractivity contribution >= 4 is 21.8 Å². The Morgan fingerprint density at radius 1 is 1.67 bits per heavy atom. The molecule has 0 aromatic heterocycles. The highest BCUT2D eigenvalue weighted by molar-refractivity contribution is 9.10. The number of halogens is 1. The maximum atomic E-state index is 11.0. The van der Waals surface area contributed by atoms with E-state index < -0.39 is 0 Å². The Kier molecular flexibility index (Phi) is 7.50. The number of ether oxygens (including phenoxy) is 1. The van der Waals surface area contributed by atoms with E-state index in [-0.39, 0.29) is 10.7 Å². The summed E-state index contributed by atoms with van der Waals surface area (Å²) in [6, 6.07) is 0. The number of alkyl halides is 1. The number of hydrogen-bond acceptors (Lipinski definition) is 2. The molecule has 1 amide bonds. The maximum Gasteiger partial charge on any atom is 0.233 e. The lowest BCUT2D eigenvalue weighted by Gasteiger charge is -2.05. The highest BCUT2D eigenvalue weighted by atomic mass is 79.9. The van der Waals surface area contributed by atoms with Crippen molar-refractivity contribution in [3.05, 3.63) is 0 Å². The molecule has 0 saturated carbocycles. The molecule has 1 N–H and O–H groups in total. The van der Waals surface area contributed by atoms with Crippen molar-refractivity contribution in [2.75, 3.05) is 19.8 Å². The second-order valence-electron chi connectivity index (χ2n) is 2.46. The Morgan fingerprint density at radius 2 is 2.33 bits per heavy atom. The van der Waals surface area contributed by atoms with Crippen LogP contribution in [-0.2, 0) is 9.53 Å². The zero-order valence-corrected chi connectivity index (χ0v) is 9.19. The zero-order chi connectivity index (χ0) is 9.40. The Labute approximate surface area is 82.0 Å². The first-order valence-electron chi connectivity index (χ1n) is 4.18. The predicted molar refractivity (Wildman–Crippen MR) is 52.5 cm³/mol. The lowest BCUT2D eigenvalue weighted by molar-refractivity contribution is -0.120. The summed E-state index contributed by atoms with van der Waals surface area (Å²) in [5, 5.41) is 2.78. The van der Waals surface area contributed by atoms with Gasteiger partial charge in [-0.1, -0.05) is 15.9 Å². The summed E-state index contributed by atoms with van der Waals surface area (Å²) < 4.78 is 5.11. The minimum Gasteiger partial charge on any atom is -0.382 e. The van der Waals surface area contributed by atoms with Gasteiger partial charge in [0.2, 0.25) is 5.91 Å². The molecule has 72 valence electrons. The normalized spacial score (nSPS) is 12.6. The van der Waals surface area contributed by atoms with Crippen LogP contribution < -0.4 is 5.32 Å². The molecule has 0 aliphatic carbocycles. The molecule has 0 radical (unpaired) electrons. The molecule has 0 bridgehead atoms. The van der Waals surface area contributed by atoms with Crippen LogP contribution in [0.4, 0.5) is 0 Å². The molecule has 0 aliphatic rings. The summed E-state index contributed by atoms with van der Waals surface area (Å²) in [5.74, 6) is 0.0338. The van der Waals surface area contributed by atoms with Gasteiger partial charge in [0, 0.05) is 19.8 Å². The molecule has 12 heavy (non-hydrogen) atoms. The molecule has 0 spiro atoms. The third-order valence-electron chi connectivity index (χ3n) is 1.33. The fourth-order valence-electron chi connectivity index (χ4n) is 0.671. The van der Waals surface area contributed by atoms with Crippen LogP contribution in [0.25, 0.3) is 0 Å². The first kappa shape index (κ1) is 11.9. The molecule has 0 heterocycles. The molecule has 0 aromatic rings. The van der Waals surface area contributed by atoms with E-state index in [1.165, 1.54) is 0 Å². The van der Waals surface area contributed by atoms with Crippen molar-refractivity contribution in [1.82, 2.24) is 5.32 Å². The standard InChI is InChI=1S/C8H16BrNO2/c1-3-12-6-4-5-10-8(11)7(2)9/h7H,3-6H2,1-2H3,(H,10,11). The number of amides is 1. The molecule has 3 nitrogen and oxygen atoms in total. The third kappa shape index (κ3) is 6.61. The molecular formula is C8H16BrNO2. The van der Waals surface area contributed by atoms with Crippen molar-refractivity contribution < 1.29 is 9.53 Å². The van der Waals surface area contributed by atoms with E-state index in [0.29, 0.717) is 13.2 Å². The molecule has 0 fully saturated rings. The topological polar surface area (TPSA) is 38.3 Å². The van der Waals surface area contributed by atoms with Crippen molar-refractivity contribution in [2.24, 2.45) is 0 Å². The van der Waals surface area contributed by atoms with Gasteiger partial charge in [-0.15, -0.1) is 0 Å². The van der Waals surface area contributed by atoms with Crippen molar-refractivity contribution in [1.29, 1.82) is 0 Å². The van der Waals surface area contributed by atoms with Crippen LogP contribution in [0.1, 0.15) is 20.3 Å². The van der Waals surface area contributed by atoms with Gasteiger partial charge in [-0.3, -0.25) is 4.79 Å². The summed E-state index contributed by atoms with van der Waals surface area (Å²) in [5.41, 5.74) is 0. The van der Waals surface area contributed by atoms with Gasteiger partial charge in [0.05, 0.1) is 4.83 Å².